The average molecular weight is 261 g/mol. The number of benzene rings is 1. The predicted molar refractivity (Wildman–Crippen MR) is 77.4 cm³/mol. The first-order chi connectivity index (χ1) is 9.35. The maximum Gasteiger partial charge on any atom is 0.0594 e. The van der Waals surface area contributed by atoms with Crippen molar-refractivity contribution in [1.82, 2.24) is 9.80 Å². The molecule has 1 fully saturated rings. The first kappa shape index (κ1) is 12.9. The maximum atomic E-state index is 5.39. The van der Waals surface area contributed by atoms with Crippen LogP contribution >= 0.6 is 0 Å². The van der Waals surface area contributed by atoms with E-state index in [0.717, 1.165) is 52.5 Å². The van der Waals surface area contributed by atoms with E-state index < -0.39 is 0 Å². The van der Waals surface area contributed by atoms with Crippen LogP contribution in [0.1, 0.15) is 11.1 Å². The van der Waals surface area contributed by atoms with Gasteiger partial charge in [-0.1, -0.05) is 6.07 Å². The summed E-state index contributed by atoms with van der Waals surface area (Å²) in [5.41, 5.74) is 4.18. The van der Waals surface area contributed by atoms with E-state index in [-0.39, 0.29) is 0 Å². The second kappa shape index (κ2) is 5.90. The molecule has 19 heavy (non-hydrogen) atoms. The molecule has 4 nitrogen and oxygen atoms in total. The van der Waals surface area contributed by atoms with Crippen LogP contribution in [0.15, 0.2) is 18.2 Å². The number of morpholine rings is 1. The second-order valence-electron chi connectivity index (χ2n) is 5.40. The van der Waals surface area contributed by atoms with Gasteiger partial charge in [0.2, 0.25) is 0 Å². The molecule has 1 aromatic carbocycles. The van der Waals surface area contributed by atoms with Gasteiger partial charge in [-0.2, -0.15) is 0 Å². The van der Waals surface area contributed by atoms with Crippen molar-refractivity contribution in [2.75, 3.05) is 51.8 Å². The highest BCUT2D eigenvalue weighted by Gasteiger charge is 2.20. The molecule has 1 N–H and O–H groups in total. The van der Waals surface area contributed by atoms with Crippen LogP contribution in [0.4, 0.5) is 5.69 Å². The molecule has 4 heteroatoms. The van der Waals surface area contributed by atoms with Crippen LogP contribution in [0.25, 0.3) is 0 Å². The van der Waals surface area contributed by atoms with Crippen molar-refractivity contribution in [3.05, 3.63) is 29.3 Å². The summed E-state index contributed by atoms with van der Waals surface area (Å²) in [7, 11) is 1.98. The summed E-state index contributed by atoms with van der Waals surface area (Å²) in [6.07, 6.45) is 0. The third-order valence-corrected chi connectivity index (χ3v) is 4.12. The number of hydrogen-bond acceptors (Lipinski definition) is 4. The lowest BCUT2D eigenvalue weighted by Gasteiger charge is -2.28. The lowest BCUT2D eigenvalue weighted by atomic mass is 10.1. The zero-order chi connectivity index (χ0) is 13.1. The molecule has 0 spiro atoms. The van der Waals surface area contributed by atoms with Crippen molar-refractivity contribution in [1.29, 1.82) is 0 Å². The van der Waals surface area contributed by atoms with E-state index in [9.17, 15) is 0 Å². The largest absolute Gasteiger partial charge is 0.388 e. The Hall–Kier alpha value is -1.10. The minimum Gasteiger partial charge on any atom is -0.388 e. The standard InChI is InChI=1S/C15H23N3O/c1-16-15-3-2-13-11-18(12-14(13)10-15)5-4-17-6-8-19-9-7-17/h2-3,10,16H,4-9,11-12H2,1H3. The van der Waals surface area contributed by atoms with Gasteiger partial charge in [0.05, 0.1) is 13.2 Å². The fraction of sp³-hybridized carbons (Fsp3) is 0.600. The first-order valence-electron chi connectivity index (χ1n) is 7.17. The van der Waals surface area contributed by atoms with Gasteiger partial charge >= 0.3 is 0 Å². The van der Waals surface area contributed by atoms with Crippen molar-refractivity contribution in [3.63, 3.8) is 0 Å². The predicted octanol–water partition coefficient (Wildman–Crippen LogP) is 1.38. The highest BCUT2D eigenvalue weighted by Crippen LogP contribution is 2.25. The van der Waals surface area contributed by atoms with Gasteiger partial charge in [-0.3, -0.25) is 9.80 Å². The van der Waals surface area contributed by atoms with E-state index in [0.29, 0.717) is 0 Å². The maximum absolute atomic E-state index is 5.39. The van der Waals surface area contributed by atoms with Crippen molar-refractivity contribution in [2.45, 2.75) is 13.1 Å². The van der Waals surface area contributed by atoms with Crippen LogP contribution < -0.4 is 5.32 Å². The fourth-order valence-corrected chi connectivity index (χ4v) is 2.89. The molecule has 0 aliphatic carbocycles. The van der Waals surface area contributed by atoms with E-state index in [1.54, 1.807) is 0 Å². The Labute approximate surface area is 115 Å². The van der Waals surface area contributed by atoms with Crippen LogP contribution in [0.2, 0.25) is 0 Å². The molecular weight excluding hydrogens is 238 g/mol. The van der Waals surface area contributed by atoms with Crippen LogP contribution in [0.3, 0.4) is 0 Å². The quantitative estimate of drug-likeness (QED) is 0.886. The molecule has 2 aliphatic rings. The van der Waals surface area contributed by atoms with E-state index in [1.807, 2.05) is 7.05 Å². The minimum atomic E-state index is 0.895. The molecule has 0 aromatic heterocycles. The van der Waals surface area contributed by atoms with Gasteiger partial charge in [0.1, 0.15) is 0 Å². The monoisotopic (exact) mass is 261 g/mol. The Morgan fingerprint density at radius 3 is 2.58 bits per heavy atom. The summed E-state index contributed by atoms with van der Waals surface area (Å²) >= 11 is 0. The smallest absolute Gasteiger partial charge is 0.0594 e. The first-order valence-corrected chi connectivity index (χ1v) is 7.17. The van der Waals surface area contributed by atoms with Gasteiger partial charge in [0, 0.05) is 52.0 Å². The van der Waals surface area contributed by atoms with Crippen molar-refractivity contribution in [2.24, 2.45) is 0 Å². The molecule has 104 valence electrons. The molecule has 0 radical (unpaired) electrons. The molecule has 0 amide bonds. The number of nitrogens with zero attached hydrogens (tertiary/aromatic N) is 2. The third-order valence-electron chi connectivity index (χ3n) is 4.12. The number of hydrogen-bond donors (Lipinski definition) is 1. The Morgan fingerprint density at radius 1 is 1.05 bits per heavy atom. The number of anilines is 1. The average Bonchev–Trinajstić information content (AvgIpc) is 2.88. The Balaban J connectivity index is 1.52. The van der Waals surface area contributed by atoms with Gasteiger partial charge in [0.15, 0.2) is 0 Å². The molecule has 0 atom stereocenters. The molecule has 0 saturated carbocycles. The third kappa shape index (κ3) is 3.08. The fourth-order valence-electron chi connectivity index (χ4n) is 2.89. The summed E-state index contributed by atoms with van der Waals surface area (Å²) < 4.78 is 5.39. The van der Waals surface area contributed by atoms with Crippen LogP contribution in [0.5, 0.6) is 0 Å². The number of rotatable bonds is 4. The summed E-state index contributed by atoms with van der Waals surface area (Å²) in [6.45, 7) is 8.48. The number of ether oxygens (including phenoxy) is 1. The topological polar surface area (TPSA) is 27.7 Å². The van der Waals surface area contributed by atoms with Gasteiger partial charge in [-0.25, -0.2) is 0 Å². The number of nitrogens with one attached hydrogen (secondary N) is 1. The molecule has 3 rings (SSSR count). The lowest BCUT2D eigenvalue weighted by Crippen LogP contribution is -2.40. The van der Waals surface area contributed by atoms with Gasteiger partial charge < -0.3 is 10.1 Å². The van der Waals surface area contributed by atoms with Crippen molar-refractivity contribution < 1.29 is 4.74 Å². The Morgan fingerprint density at radius 2 is 1.79 bits per heavy atom. The van der Waals surface area contributed by atoms with Crippen molar-refractivity contribution >= 4 is 5.69 Å². The highest BCUT2D eigenvalue weighted by atomic mass is 16.5. The lowest BCUT2D eigenvalue weighted by molar-refractivity contribution is 0.0331. The molecule has 1 aromatic rings. The Kier molecular flexibility index (Phi) is 4.01. The number of fused-ring (bicyclic) bond motifs is 1. The molecule has 0 bridgehead atoms. The molecule has 2 aliphatic heterocycles. The van der Waals surface area contributed by atoms with Crippen LogP contribution in [-0.4, -0.2) is 56.2 Å². The van der Waals surface area contributed by atoms with E-state index in [4.69, 9.17) is 4.74 Å². The zero-order valence-electron chi connectivity index (χ0n) is 11.7. The molecule has 1 saturated heterocycles. The van der Waals surface area contributed by atoms with Gasteiger partial charge in [-0.15, -0.1) is 0 Å². The Bertz CT molecular complexity index is 429. The summed E-state index contributed by atoms with van der Waals surface area (Å²) in [6, 6.07) is 6.71. The normalized spacial score (nSPS) is 20.5. The SMILES string of the molecule is CNc1ccc2c(c1)CN(CCN1CCOCC1)C2. The van der Waals surface area contributed by atoms with Crippen molar-refractivity contribution in [3.8, 4) is 0 Å². The van der Waals surface area contributed by atoms with Gasteiger partial charge in [-0.05, 0) is 23.3 Å². The molecule has 2 heterocycles. The van der Waals surface area contributed by atoms with E-state index in [2.05, 4.69) is 33.3 Å². The van der Waals surface area contributed by atoms with Crippen LogP contribution in [0, 0.1) is 0 Å². The summed E-state index contributed by atoms with van der Waals surface area (Å²) in [4.78, 5) is 5.05. The highest BCUT2D eigenvalue weighted by molar-refractivity contribution is 5.49. The van der Waals surface area contributed by atoms with E-state index in [1.165, 1.54) is 16.8 Å². The molecular formula is C15H23N3O. The zero-order valence-corrected chi connectivity index (χ0v) is 11.7. The summed E-state index contributed by atoms with van der Waals surface area (Å²) in [5, 5.41) is 3.21. The molecule has 0 unspecified atom stereocenters. The van der Waals surface area contributed by atoms with Gasteiger partial charge in [0.25, 0.3) is 0 Å². The summed E-state index contributed by atoms with van der Waals surface area (Å²) in [5.74, 6) is 0. The minimum absolute atomic E-state index is 0.895. The van der Waals surface area contributed by atoms with E-state index >= 15 is 0 Å². The van der Waals surface area contributed by atoms with Crippen LogP contribution in [-0.2, 0) is 17.8 Å². The second-order valence-corrected chi connectivity index (χ2v) is 5.40.